The van der Waals surface area contributed by atoms with E-state index in [0.717, 1.165) is 12.8 Å². The second kappa shape index (κ2) is 4.89. The molecule has 0 radical (unpaired) electrons. The van der Waals surface area contributed by atoms with Crippen molar-refractivity contribution in [3.8, 4) is 0 Å². The molecular weight excluding hydrogens is 236 g/mol. The summed E-state index contributed by atoms with van der Waals surface area (Å²) in [5.41, 5.74) is 0.663. The smallest absolute Gasteiger partial charge is 0.242 e. The molecule has 0 unspecified atom stereocenters. The lowest BCUT2D eigenvalue weighted by Crippen LogP contribution is -2.22. The van der Waals surface area contributed by atoms with Gasteiger partial charge in [-0.25, -0.2) is 13.1 Å². The van der Waals surface area contributed by atoms with E-state index >= 15 is 0 Å². The van der Waals surface area contributed by atoms with Crippen LogP contribution in [-0.4, -0.2) is 21.5 Å². The molecule has 0 amide bonds. The highest BCUT2D eigenvalue weighted by Crippen LogP contribution is 2.23. The van der Waals surface area contributed by atoms with Crippen LogP contribution in [0.1, 0.15) is 12.8 Å². The first-order chi connectivity index (χ1) is 8.13. The van der Waals surface area contributed by atoms with Gasteiger partial charge in [0, 0.05) is 6.04 Å². The van der Waals surface area contributed by atoms with Crippen molar-refractivity contribution in [1.29, 1.82) is 0 Å². The summed E-state index contributed by atoms with van der Waals surface area (Å²) in [5.74, 6) is 0. The minimum atomic E-state index is -3.40. The van der Waals surface area contributed by atoms with E-state index in [1.807, 2.05) is 6.07 Å². The number of nitrogens with one attached hydrogen (secondary N) is 2. The van der Waals surface area contributed by atoms with E-state index in [0.29, 0.717) is 16.6 Å². The third kappa shape index (κ3) is 2.68. The predicted molar refractivity (Wildman–Crippen MR) is 68.5 cm³/mol. The van der Waals surface area contributed by atoms with Crippen LogP contribution in [0.3, 0.4) is 0 Å². The van der Waals surface area contributed by atoms with Crippen LogP contribution in [0.25, 0.3) is 0 Å². The van der Waals surface area contributed by atoms with Gasteiger partial charge < -0.3 is 5.32 Å². The van der Waals surface area contributed by atoms with Crippen molar-refractivity contribution in [3.05, 3.63) is 36.4 Å². The zero-order valence-electron chi connectivity index (χ0n) is 9.68. The summed E-state index contributed by atoms with van der Waals surface area (Å²) < 4.78 is 26.0. The van der Waals surface area contributed by atoms with Gasteiger partial charge in [0.15, 0.2) is 0 Å². The molecule has 2 N–H and O–H groups in total. The molecule has 17 heavy (non-hydrogen) atoms. The topological polar surface area (TPSA) is 58.2 Å². The summed E-state index contributed by atoms with van der Waals surface area (Å²) in [5, 5.41) is 3.27. The number of anilines is 1. The molecule has 0 aromatic heterocycles. The van der Waals surface area contributed by atoms with Crippen LogP contribution < -0.4 is 10.0 Å². The quantitative estimate of drug-likeness (QED) is 0.802. The van der Waals surface area contributed by atoms with Gasteiger partial charge in [0.2, 0.25) is 10.0 Å². The van der Waals surface area contributed by atoms with E-state index in [-0.39, 0.29) is 0 Å². The Bertz CT molecular complexity index is 515. The lowest BCUT2D eigenvalue weighted by molar-refractivity contribution is 0.588. The van der Waals surface area contributed by atoms with E-state index in [1.54, 1.807) is 18.2 Å². The van der Waals surface area contributed by atoms with Crippen LogP contribution in [0.2, 0.25) is 0 Å². The second-order valence-corrected chi connectivity index (χ2v) is 5.84. The highest BCUT2D eigenvalue weighted by Gasteiger charge is 2.18. The molecule has 1 aliphatic carbocycles. The van der Waals surface area contributed by atoms with E-state index in [9.17, 15) is 8.42 Å². The van der Waals surface area contributed by atoms with Crippen molar-refractivity contribution in [2.45, 2.75) is 23.8 Å². The Labute approximate surface area is 102 Å². The molecular formula is C12H16N2O2S. The van der Waals surface area contributed by atoms with Crippen LogP contribution in [-0.2, 0) is 10.0 Å². The molecule has 4 nitrogen and oxygen atoms in total. The Hall–Kier alpha value is -1.33. The van der Waals surface area contributed by atoms with E-state index < -0.39 is 10.0 Å². The molecule has 1 aromatic carbocycles. The SMILES string of the molecule is CNS(=O)(=O)c1ccccc1NC1CC=CC1. The Morgan fingerprint density at radius 2 is 1.82 bits per heavy atom. The monoisotopic (exact) mass is 252 g/mol. The molecule has 5 heteroatoms. The van der Waals surface area contributed by atoms with Crippen LogP contribution in [0.4, 0.5) is 5.69 Å². The molecule has 0 saturated carbocycles. The summed E-state index contributed by atoms with van der Waals surface area (Å²) in [7, 11) is -1.98. The number of hydrogen-bond acceptors (Lipinski definition) is 3. The maximum Gasteiger partial charge on any atom is 0.242 e. The summed E-state index contributed by atoms with van der Waals surface area (Å²) in [6.07, 6.45) is 6.08. The van der Waals surface area contributed by atoms with Crippen molar-refractivity contribution in [3.63, 3.8) is 0 Å². The van der Waals surface area contributed by atoms with Crippen molar-refractivity contribution in [1.82, 2.24) is 4.72 Å². The normalized spacial score (nSPS) is 16.3. The van der Waals surface area contributed by atoms with Crippen LogP contribution >= 0.6 is 0 Å². The molecule has 0 saturated heterocycles. The molecule has 0 spiro atoms. The average Bonchev–Trinajstić information content (AvgIpc) is 2.82. The fraction of sp³-hybridized carbons (Fsp3) is 0.333. The standard InChI is InChI=1S/C12H16N2O2S/c1-13-17(15,16)12-9-5-4-8-11(12)14-10-6-2-3-7-10/h2-5,8-10,13-14H,6-7H2,1H3. The highest BCUT2D eigenvalue weighted by molar-refractivity contribution is 7.89. The molecule has 0 fully saturated rings. The number of benzene rings is 1. The molecule has 0 heterocycles. The third-order valence-electron chi connectivity index (χ3n) is 2.81. The number of rotatable bonds is 4. The van der Waals surface area contributed by atoms with Gasteiger partial charge in [-0.2, -0.15) is 0 Å². The van der Waals surface area contributed by atoms with Gasteiger partial charge in [0.05, 0.1) is 5.69 Å². The predicted octanol–water partition coefficient (Wildman–Crippen LogP) is 1.73. The zero-order chi connectivity index (χ0) is 12.3. The molecule has 92 valence electrons. The number of sulfonamides is 1. The first-order valence-corrected chi connectivity index (χ1v) is 7.06. The molecule has 0 bridgehead atoms. The number of para-hydroxylation sites is 1. The summed E-state index contributed by atoms with van der Waals surface area (Å²) in [4.78, 5) is 0.300. The van der Waals surface area contributed by atoms with E-state index in [1.165, 1.54) is 7.05 Å². The average molecular weight is 252 g/mol. The van der Waals surface area contributed by atoms with Crippen molar-refractivity contribution in [2.24, 2.45) is 0 Å². The third-order valence-corrected chi connectivity index (χ3v) is 4.29. The van der Waals surface area contributed by atoms with Gasteiger partial charge >= 0.3 is 0 Å². The minimum Gasteiger partial charge on any atom is -0.381 e. The number of hydrogen-bond donors (Lipinski definition) is 2. The van der Waals surface area contributed by atoms with Crippen LogP contribution in [0, 0.1) is 0 Å². The van der Waals surface area contributed by atoms with Gasteiger partial charge in [-0.1, -0.05) is 24.3 Å². The fourth-order valence-electron chi connectivity index (χ4n) is 1.89. The van der Waals surface area contributed by atoms with E-state index in [2.05, 4.69) is 22.2 Å². The molecule has 2 rings (SSSR count). The Morgan fingerprint density at radius 1 is 1.18 bits per heavy atom. The first-order valence-electron chi connectivity index (χ1n) is 5.57. The highest BCUT2D eigenvalue weighted by atomic mass is 32.2. The summed E-state index contributed by atoms with van der Waals surface area (Å²) >= 11 is 0. The second-order valence-electron chi connectivity index (χ2n) is 3.99. The molecule has 0 aliphatic heterocycles. The van der Waals surface area contributed by atoms with Gasteiger partial charge in [-0.3, -0.25) is 0 Å². The maximum absolute atomic E-state index is 11.8. The van der Waals surface area contributed by atoms with Gasteiger partial charge in [0.25, 0.3) is 0 Å². The molecule has 1 aliphatic rings. The maximum atomic E-state index is 11.8. The zero-order valence-corrected chi connectivity index (χ0v) is 10.5. The molecule has 0 atom stereocenters. The van der Waals surface area contributed by atoms with Crippen molar-refractivity contribution >= 4 is 15.7 Å². The lowest BCUT2D eigenvalue weighted by atomic mass is 10.2. The minimum absolute atomic E-state index is 0.295. The van der Waals surface area contributed by atoms with Gasteiger partial charge in [-0.05, 0) is 32.0 Å². The largest absolute Gasteiger partial charge is 0.381 e. The molecule has 1 aromatic rings. The van der Waals surface area contributed by atoms with Crippen molar-refractivity contribution in [2.75, 3.05) is 12.4 Å². The van der Waals surface area contributed by atoms with Crippen LogP contribution in [0.5, 0.6) is 0 Å². The fourth-order valence-corrected chi connectivity index (χ4v) is 2.78. The summed E-state index contributed by atoms with van der Waals surface area (Å²) in [6, 6.07) is 7.25. The van der Waals surface area contributed by atoms with Gasteiger partial charge in [0.1, 0.15) is 4.90 Å². The Balaban J connectivity index is 2.27. The van der Waals surface area contributed by atoms with Crippen molar-refractivity contribution < 1.29 is 8.42 Å². The Kier molecular flexibility index (Phi) is 3.49. The Morgan fingerprint density at radius 3 is 2.47 bits per heavy atom. The van der Waals surface area contributed by atoms with Gasteiger partial charge in [-0.15, -0.1) is 0 Å². The van der Waals surface area contributed by atoms with Crippen LogP contribution in [0.15, 0.2) is 41.3 Å². The first kappa shape index (κ1) is 12.1. The lowest BCUT2D eigenvalue weighted by Gasteiger charge is -2.16. The van der Waals surface area contributed by atoms with E-state index in [4.69, 9.17) is 0 Å². The summed E-state index contributed by atoms with van der Waals surface area (Å²) in [6.45, 7) is 0.